The molecule has 2 N–H and O–H groups in total. The van der Waals surface area contributed by atoms with Crippen LogP contribution < -0.4 is 10.6 Å². The molecule has 0 aliphatic rings. The maximum Gasteiger partial charge on any atom is 0.252 e. The van der Waals surface area contributed by atoms with E-state index in [0.29, 0.717) is 32.7 Å². The van der Waals surface area contributed by atoms with Crippen molar-refractivity contribution in [1.29, 1.82) is 0 Å². The number of aromatic nitrogens is 1. The molecule has 1 atom stereocenters. The summed E-state index contributed by atoms with van der Waals surface area (Å²) in [5.74, 6) is -0.871. The minimum absolute atomic E-state index is 0.262. The van der Waals surface area contributed by atoms with Crippen molar-refractivity contribution in [2.75, 3.05) is 0 Å². The summed E-state index contributed by atoms with van der Waals surface area (Å²) in [6, 6.07) is 41.5. The molecule has 7 heteroatoms. The quantitative estimate of drug-likeness (QED) is 0.180. The fourth-order valence-corrected chi connectivity index (χ4v) is 5.74. The lowest BCUT2D eigenvalue weighted by atomic mass is 9.97. The van der Waals surface area contributed by atoms with E-state index in [9.17, 15) is 9.59 Å². The van der Waals surface area contributed by atoms with Gasteiger partial charge in [0.05, 0.1) is 22.8 Å². The third-order valence-corrected chi connectivity index (χ3v) is 7.96. The Labute approximate surface area is 265 Å². The fraction of sp³-hybridized carbons (Fsp3) is 0.0541. The second-order valence-electron chi connectivity index (χ2n) is 10.3. The van der Waals surface area contributed by atoms with Gasteiger partial charge >= 0.3 is 0 Å². The standard InChI is InChI=1S/C37H27Cl2N3O2/c38-27-20-21-29(31(39)22-27)35(37(44)41-34(25-14-6-2-7-15-25)26-16-8-3-9-17-26)42-36(43)30-23-33(24-12-4-1-5-13-24)40-32-19-11-10-18-28(30)32/h1-23,34-35H,(H,41,44)(H,42,43)/t35-/m0/s1. The highest BCUT2D eigenvalue weighted by Gasteiger charge is 2.29. The molecule has 6 rings (SSSR count). The van der Waals surface area contributed by atoms with Crippen LogP contribution in [0.4, 0.5) is 0 Å². The minimum atomic E-state index is -1.13. The van der Waals surface area contributed by atoms with Crippen LogP contribution in [0, 0.1) is 0 Å². The number of carbonyl (C=O) groups excluding carboxylic acids is 2. The first-order valence-electron chi connectivity index (χ1n) is 14.1. The topological polar surface area (TPSA) is 71.1 Å². The Hall–Kier alpha value is -4.97. The summed E-state index contributed by atoms with van der Waals surface area (Å²) >= 11 is 12.9. The van der Waals surface area contributed by atoms with E-state index in [1.165, 1.54) is 0 Å². The summed E-state index contributed by atoms with van der Waals surface area (Å²) in [5.41, 5.74) is 4.78. The van der Waals surface area contributed by atoms with E-state index in [4.69, 9.17) is 28.2 Å². The van der Waals surface area contributed by atoms with Gasteiger partial charge in [-0.3, -0.25) is 9.59 Å². The molecule has 1 heterocycles. The average Bonchev–Trinajstić information content (AvgIpc) is 3.07. The van der Waals surface area contributed by atoms with Crippen LogP contribution in [0.2, 0.25) is 10.0 Å². The first kappa shape index (κ1) is 29.1. The van der Waals surface area contributed by atoms with Crippen LogP contribution >= 0.6 is 23.2 Å². The second kappa shape index (κ2) is 13.1. The Kier molecular flexibility index (Phi) is 8.69. The predicted octanol–water partition coefficient (Wildman–Crippen LogP) is 8.59. The van der Waals surface area contributed by atoms with Gasteiger partial charge in [0.2, 0.25) is 5.91 Å². The zero-order valence-electron chi connectivity index (χ0n) is 23.5. The highest BCUT2D eigenvalue weighted by molar-refractivity contribution is 6.35. The number of carbonyl (C=O) groups is 2. The lowest BCUT2D eigenvalue weighted by molar-refractivity contribution is -0.123. The zero-order valence-corrected chi connectivity index (χ0v) is 25.0. The van der Waals surface area contributed by atoms with Crippen molar-refractivity contribution in [3.63, 3.8) is 0 Å². The molecule has 0 radical (unpaired) electrons. The largest absolute Gasteiger partial charge is 0.343 e. The molecule has 0 spiro atoms. The molecule has 5 aromatic carbocycles. The van der Waals surface area contributed by atoms with Crippen LogP contribution in [0.1, 0.15) is 39.1 Å². The van der Waals surface area contributed by atoms with E-state index in [2.05, 4.69) is 10.6 Å². The van der Waals surface area contributed by atoms with Crippen LogP contribution in [-0.4, -0.2) is 16.8 Å². The molecule has 0 bridgehead atoms. The van der Waals surface area contributed by atoms with E-state index in [0.717, 1.165) is 16.7 Å². The lowest BCUT2D eigenvalue weighted by Crippen LogP contribution is -2.42. The van der Waals surface area contributed by atoms with Crippen molar-refractivity contribution in [3.8, 4) is 11.3 Å². The van der Waals surface area contributed by atoms with Crippen LogP contribution in [0.15, 0.2) is 140 Å². The van der Waals surface area contributed by atoms with Crippen molar-refractivity contribution in [2.24, 2.45) is 0 Å². The summed E-state index contributed by atoms with van der Waals surface area (Å²) in [6.45, 7) is 0. The van der Waals surface area contributed by atoms with Gasteiger partial charge in [0.25, 0.3) is 5.91 Å². The van der Waals surface area contributed by atoms with E-state index >= 15 is 0 Å². The van der Waals surface area contributed by atoms with E-state index in [1.54, 1.807) is 24.3 Å². The predicted molar refractivity (Wildman–Crippen MR) is 177 cm³/mol. The number of amides is 2. The lowest BCUT2D eigenvalue weighted by Gasteiger charge is -2.25. The van der Waals surface area contributed by atoms with E-state index in [-0.39, 0.29) is 5.02 Å². The molecule has 5 nitrogen and oxygen atoms in total. The number of fused-ring (bicyclic) bond motifs is 1. The number of para-hydroxylation sites is 1. The third-order valence-electron chi connectivity index (χ3n) is 7.39. The van der Waals surface area contributed by atoms with Crippen molar-refractivity contribution in [2.45, 2.75) is 12.1 Å². The molecule has 0 unspecified atom stereocenters. The number of pyridine rings is 1. The fourth-order valence-electron chi connectivity index (χ4n) is 5.22. The van der Waals surface area contributed by atoms with Crippen LogP contribution in [0.5, 0.6) is 0 Å². The molecule has 2 amide bonds. The molecular weight excluding hydrogens is 589 g/mol. The maximum absolute atomic E-state index is 14.2. The van der Waals surface area contributed by atoms with Gasteiger partial charge in [-0.1, -0.05) is 138 Å². The van der Waals surface area contributed by atoms with E-state index in [1.807, 2.05) is 115 Å². The van der Waals surface area contributed by atoms with Gasteiger partial charge in [0.1, 0.15) is 6.04 Å². The molecule has 0 saturated heterocycles. The molecule has 216 valence electrons. The molecule has 0 aliphatic heterocycles. The normalized spacial score (nSPS) is 11.7. The van der Waals surface area contributed by atoms with Crippen molar-refractivity contribution < 1.29 is 9.59 Å². The molecule has 44 heavy (non-hydrogen) atoms. The van der Waals surface area contributed by atoms with E-state index < -0.39 is 23.9 Å². The average molecular weight is 617 g/mol. The molecular formula is C37H27Cl2N3O2. The summed E-state index contributed by atoms with van der Waals surface area (Å²) < 4.78 is 0. The smallest absolute Gasteiger partial charge is 0.252 e. The second-order valence-corrected chi connectivity index (χ2v) is 11.1. The molecule has 0 aliphatic carbocycles. The highest BCUT2D eigenvalue weighted by atomic mass is 35.5. The van der Waals surface area contributed by atoms with Crippen LogP contribution in [0.3, 0.4) is 0 Å². The minimum Gasteiger partial charge on any atom is -0.343 e. The van der Waals surface area contributed by atoms with Gasteiger partial charge in [-0.05, 0) is 35.4 Å². The number of rotatable bonds is 8. The summed E-state index contributed by atoms with van der Waals surface area (Å²) in [6.07, 6.45) is 0. The Morgan fingerprint density at radius 1 is 0.636 bits per heavy atom. The number of nitrogens with zero attached hydrogens (tertiary/aromatic N) is 1. The Morgan fingerprint density at radius 3 is 1.86 bits per heavy atom. The number of benzene rings is 5. The number of hydrogen-bond donors (Lipinski definition) is 2. The van der Waals surface area contributed by atoms with Crippen molar-refractivity contribution >= 4 is 45.9 Å². The summed E-state index contributed by atoms with van der Waals surface area (Å²) in [4.78, 5) is 33.2. The number of halogens is 2. The first-order chi connectivity index (χ1) is 21.5. The summed E-state index contributed by atoms with van der Waals surface area (Å²) in [7, 11) is 0. The Bertz CT molecular complexity index is 1890. The number of hydrogen-bond acceptors (Lipinski definition) is 3. The van der Waals surface area contributed by atoms with Gasteiger partial charge in [0.15, 0.2) is 0 Å². The number of nitrogens with one attached hydrogen (secondary N) is 2. The summed E-state index contributed by atoms with van der Waals surface area (Å²) in [5, 5.41) is 7.49. The maximum atomic E-state index is 14.2. The zero-order chi connectivity index (χ0) is 30.5. The molecule has 6 aromatic rings. The Morgan fingerprint density at radius 2 is 1.23 bits per heavy atom. The van der Waals surface area contributed by atoms with Crippen molar-refractivity contribution in [1.82, 2.24) is 15.6 Å². The monoisotopic (exact) mass is 615 g/mol. The van der Waals surface area contributed by atoms with Gasteiger partial charge in [-0.15, -0.1) is 0 Å². The van der Waals surface area contributed by atoms with Gasteiger partial charge in [-0.25, -0.2) is 4.98 Å². The first-order valence-corrected chi connectivity index (χ1v) is 14.8. The SMILES string of the molecule is O=C(N[C@H](C(=O)NC(c1ccccc1)c1ccccc1)c1ccc(Cl)cc1Cl)c1cc(-c2ccccc2)nc2ccccc12. The molecule has 0 saturated carbocycles. The molecule has 0 fully saturated rings. The van der Waals surface area contributed by atoms with Crippen LogP contribution in [0.25, 0.3) is 22.2 Å². The van der Waals surface area contributed by atoms with Crippen molar-refractivity contribution in [3.05, 3.63) is 172 Å². The van der Waals surface area contributed by atoms with Gasteiger partial charge in [0, 0.05) is 26.6 Å². The third kappa shape index (κ3) is 6.35. The molecule has 1 aromatic heterocycles. The Balaban J connectivity index is 1.41. The highest BCUT2D eigenvalue weighted by Crippen LogP contribution is 2.30. The van der Waals surface area contributed by atoms with Gasteiger partial charge in [-0.2, -0.15) is 0 Å². The van der Waals surface area contributed by atoms with Gasteiger partial charge < -0.3 is 10.6 Å². The van der Waals surface area contributed by atoms with Crippen LogP contribution in [-0.2, 0) is 4.79 Å².